The quantitative estimate of drug-likeness (QED) is 0.591. The molecule has 0 N–H and O–H groups in total. The first-order chi connectivity index (χ1) is 7.28. The van der Waals surface area contributed by atoms with Crippen LogP contribution in [-0.2, 0) is 5.41 Å². The second-order valence-corrected chi connectivity index (χ2v) is 5.74. The van der Waals surface area contributed by atoms with Crippen LogP contribution in [-0.4, -0.2) is 0 Å². The van der Waals surface area contributed by atoms with Crippen LogP contribution < -0.4 is 0 Å². The van der Waals surface area contributed by atoms with Gasteiger partial charge in [0.2, 0.25) is 0 Å². The predicted octanol–water partition coefficient (Wildman–Crippen LogP) is 4.61. The minimum absolute atomic E-state index is 0.211. The number of benzene rings is 1. The van der Waals surface area contributed by atoms with Crippen LogP contribution >= 0.6 is 0 Å². The lowest BCUT2D eigenvalue weighted by molar-refractivity contribution is 0.633. The fourth-order valence-corrected chi connectivity index (χ4v) is 2.92. The molecular weight excluding hydrogens is 192 g/mol. The third-order valence-corrected chi connectivity index (χ3v) is 4.71. The average Bonchev–Trinajstić information content (AvgIpc) is 2.45. The van der Waals surface area contributed by atoms with E-state index in [0.29, 0.717) is 0 Å². The SMILES string of the molecule is CC1=Cc2c(C)c(C)c(C)c(C)c2C1(C)C. The number of hydrogen-bond donors (Lipinski definition) is 0. The Hall–Kier alpha value is -1.04. The van der Waals surface area contributed by atoms with Crippen molar-refractivity contribution in [2.75, 3.05) is 0 Å². The molecule has 0 atom stereocenters. The van der Waals surface area contributed by atoms with Gasteiger partial charge in [-0.2, -0.15) is 0 Å². The molecule has 1 aromatic carbocycles. The van der Waals surface area contributed by atoms with E-state index in [1.54, 1.807) is 5.56 Å². The Balaban J connectivity index is 2.89. The van der Waals surface area contributed by atoms with Gasteiger partial charge in [0.1, 0.15) is 0 Å². The summed E-state index contributed by atoms with van der Waals surface area (Å²) in [6, 6.07) is 0. The van der Waals surface area contributed by atoms with E-state index in [1.165, 1.54) is 33.4 Å². The molecule has 0 amide bonds. The zero-order valence-corrected chi connectivity index (χ0v) is 11.6. The highest BCUT2D eigenvalue weighted by molar-refractivity contribution is 5.74. The Morgan fingerprint density at radius 1 is 0.750 bits per heavy atom. The molecular formula is C16H22. The topological polar surface area (TPSA) is 0 Å². The standard InChI is InChI=1S/C16H22/c1-9-8-14-12(4)10(2)11(3)13(5)15(14)16(9,6)7/h8H,1-7H3. The van der Waals surface area contributed by atoms with Gasteiger partial charge < -0.3 is 0 Å². The zero-order chi connectivity index (χ0) is 12.2. The molecule has 0 heteroatoms. The van der Waals surface area contributed by atoms with E-state index in [-0.39, 0.29) is 5.41 Å². The second-order valence-electron chi connectivity index (χ2n) is 5.74. The minimum Gasteiger partial charge on any atom is -0.0626 e. The molecule has 0 aliphatic heterocycles. The van der Waals surface area contributed by atoms with Gasteiger partial charge in [0.05, 0.1) is 0 Å². The van der Waals surface area contributed by atoms with Gasteiger partial charge in [-0.15, -0.1) is 0 Å². The third kappa shape index (κ3) is 1.22. The van der Waals surface area contributed by atoms with Gasteiger partial charge in [-0.3, -0.25) is 0 Å². The first-order valence-corrected chi connectivity index (χ1v) is 6.08. The zero-order valence-electron chi connectivity index (χ0n) is 11.6. The summed E-state index contributed by atoms with van der Waals surface area (Å²) < 4.78 is 0. The van der Waals surface area contributed by atoms with Crippen molar-refractivity contribution in [1.82, 2.24) is 0 Å². The first kappa shape index (κ1) is 11.4. The monoisotopic (exact) mass is 214 g/mol. The van der Waals surface area contributed by atoms with Gasteiger partial charge in [-0.05, 0) is 68.0 Å². The summed E-state index contributed by atoms with van der Waals surface area (Å²) in [5.41, 5.74) is 10.6. The summed E-state index contributed by atoms with van der Waals surface area (Å²) in [5.74, 6) is 0. The molecule has 0 fully saturated rings. The number of fused-ring (bicyclic) bond motifs is 1. The first-order valence-electron chi connectivity index (χ1n) is 6.08. The maximum Gasteiger partial charge on any atom is 0.0114 e. The predicted molar refractivity (Wildman–Crippen MR) is 72.1 cm³/mol. The number of rotatable bonds is 0. The van der Waals surface area contributed by atoms with Crippen LogP contribution in [0.2, 0.25) is 0 Å². The summed E-state index contributed by atoms with van der Waals surface area (Å²) in [7, 11) is 0. The summed E-state index contributed by atoms with van der Waals surface area (Å²) >= 11 is 0. The molecule has 0 saturated heterocycles. The van der Waals surface area contributed by atoms with E-state index in [1.807, 2.05) is 0 Å². The molecule has 0 aromatic heterocycles. The van der Waals surface area contributed by atoms with E-state index < -0.39 is 0 Å². The minimum atomic E-state index is 0.211. The summed E-state index contributed by atoms with van der Waals surface area (Å²) in [6.07, 6.45) is 2.38. The van der Waals surface area contributed by atoms with Crippen molar-refractivity contribution in [2.45, 2.75) is 53.9 Å². The molecule has 0 bridgehead atoms. The van der Waals surface area contributed by atoms with Crippen LogP contribution in [0.1, 0.15) is 54.2 Å². The molecule has 1 aliphatic carbocycles. The van der Waals surface area contributed by atoms with E-state index in [9.17, 15) is 0 Å². The fraction of sp³-hybridized carbons (Fsp3) is 0.500. The van der Waals surface area contributed by atoms with Gasteiger partial charge in [0, 0.05) is 5.41 Å². The smallest absolute Gasteiger partial charge is 0.0114 e. The number of hydrogen-bond acceptors (Lipinski definition) is 0. The maximum atomic E-state index is 2.38. The molecule has 86 valence electrons. The molecule has 0 spiro atoms. The highest BCUT2D eigenvalue weighted by atomic mass is 14.4. The van der Waals surface area contributed by atoms with Crippen LogP contribution in [0.15, 0.2) is 5.57 Å². The molecule has 1 aromatic rings. The van der Waals surface area contributed by atoms with Gasteiger partial charge in [0.25, 0.3) is 0 Å². The fourth-order valence-electron chi connectivity index (χ4n) is 2.92. The normalized spacial score (nSPS) is 17.3. The van der Waals surface area contributed by atoms with Gasteiger partial charge >= 0.3 is 0 Å². The van der Waals surface area contributed by atoms with Crippen LogP contribution in [0, 0.1) is 27.7 Å². The van der Waals surface area contributed by atoms with Crippen LogP contribution in [0.3, 0.4) is 0 Å². The lowest BCUT2D eigenvalue weighted by Gasteiger charge is -2.27. The highest BCUT2D eigenvalue weighted by Gasteiger charge is 2.33. The maximum absolute atomic E-state index is 2.38. The molecule has 0 nitrogen and oxygen atoms in total. The highest BCUT2D eigenvalue weighted by Crippen LogP contribution is 2.45. The lowest BCUT2D eigenvalue weighted by atomic mass is 9.77. The molecule has 0 heterocycles. The van der Waals surface area contributed by atoms with Crippen LogP contribution in [0.4, 0.5) is 0 Å². The Bertz CT molecular complexity index is 500. The van der Waals surface area contributed by atoms with Crippen molar-refractivity contribution in [3.8, 4) is 0 Å². The Kier molecular flexibility index (Phi) is 2.31. The van der Waals surface area contributed by atoms with Gasteiger partial charge in [-0.25, -0.2) is 0 Å². The molecule has 0 saturated carbocycles. The van der Waals surface area contributed by atoms with E-state index in [0.717, 1.165) is 0 Å². The van der Waals surface area contributed by atoms with Crippen LogP contribution in [0.25, 0.3) is 6.08 Å². The Labute approximate surface area is 99.4 Å². The van der Waals surface area contributed by atoms with Gasteiger partial charge in [-0.1, -0.05) is 25.5 Å². The average molecular weight is 214 g/mol. The summed E-state index contributed by atoms with van der Waals surface area (Å²) in [4.78, 5) is 0. The van der Waals surface area contributed by atoms with Crippen molar-refractivity contribution in [1.29, 1.82) is 0 Å². The van der Waals surface area contributed by atoms with Crippen LogP contribution in [0.5, 0.6) is 0 Å². The Morgan fingerprint density at radius 3 is 1.81 bits per heavy atom. The van der Waals surface area contributed by atoms with E-state index in [4.69, 9.17) is 0 Å². The molecule has 2 rings (SSSR count). The summed E-state index contributed by atoms with van der Waals surface area (Å²) in [5, 5.41) is 0. The van der Waals surface area contributed by atoms with Crippen molar-refractivity contribution < 1.29 is 0 Å². The summed E-state index contributed by atoms with van der Waals surface area (Å²) in [6.45, 7) is 16.0. The van der Waals surface area contributed by atoms with E-state index >= 15 is 0 Å². The lowest BCUT2D eigenvalue weighted by Crippen LogP contribution is -2.18. The number of allylic oxidation sites excluding steroid dienone is 1. The van der Waals surface area contributed by atoms with Gasteiger partial charge in [0.15, 0.2) is 0 Å². The van der Waals surface area contributed by atoms with Crippen molar-refractivity contribution >= 4 is 6.08 Å². The third-order valence-electron chi connectivity index (χ3n) is 4.71. The molecule has 0 radical (unpaired) electrons. The Morgan fingerprint density at radius 2 is 1.25 bits per heavy atom. The molecule has 16 heavy (non-hydrogen) atoms. The molecule has 1 aliphatic rings. The van der Waals surface area contributed by atoms with Crippen molar-refractivity contribution in [3.05, 3.63) is 39.0 Å². The van der Waals surface area contributed by atoms with Crippen molar-refractivity contribution in [2.24, 2.45) is 0 Å². The van der Waals surface area contributed by atoms with Crippen molar-refractivity contribution in [3.63, 3.8) is 0 Å². The largest absolute Gasteiger partial charge is 0.0626 e. The van der Waals surface area contributed by atoms with E-state index in [2.05, 4.69) is 54.5 Å². The second kappa shape index (κ2) is 3.23. The molecule has 0 unspecified atom stereocenters.